The van der Waals surface area contributed by atoms with E-state index in [1.807, 2.05) is 12.4 Å². The molecule has 0 radical (unpaired) electrons. The largest absolute Gasteiger partial charge is 0.384 e. The molecule has 1 aromatic heterocycles. The van der Waals surface area contributed by atoms with Crippen LogP contribution in [0.5, 0.6) is 0 Å². The highest BCUT2D eigenvalue weighted by Crippen LogP contribution is 2.20. The molecular weight excluding hydrogens is 198 g/mol. The van der Waals surface area contributed by atoms with Crippen LogP contribution in [0.25, 0.3) is 0 Å². The Kier molecular flexibility index (Phi) is 3.78. The van der Waals surface area contributed by atoms with E-state index in [0.29, 0.717) is 0 Å². The van der Waals surface area contributed by atoms with Crippen LogP contribution >= 0.6 is 0 Å². The van der Waals surface area contributed by atoms with Crippen molar-refractivity contribution in [3.63, 3.8) is 0 Å². The van der Waals surface area contributed by atoms with Gasteiger partial charge in [-0.2, -0.15) is 0 Å². The lowest BCUT2D eigenvalue weighted by molar-refractivity contribution is 0.390. The van der Waals surface area contributed by atoms with Gasteiger partial charge >= 0.3 is 0 Å². The Morgan fingerprint density at radius 3 is 2.50 bits per heavy atom. The van der Waals surface area contributed by atoms with E-state index in [0.717, 1.165) is 12.5 Å². The molecule has 2 N–H and O–H groups in total. The van der Waals surface area contributed by atoms with Crippen LogP contribution in [0.15, 0.2) is 12.4 Å². The van der Waals surface area contributed by atoms with Gasteiger partial charge in [-0.3, -0.25) is 4.98 Å². The van der Waals surface area contributed by atoms with Gasteiger partial charge in [-0.05, 0) is 56.8 Å². The molecule has 2 rings (SSSR count). The molecule has 3 nitrogen and oxygen atoms in total. The molecule has 0 bridgehead atoms. The fourth-order valence-corrected chi connectivity index (χ4v) is 2.31. The first-order chi connectivity index (χ1) is 7.77. The van der Waals surface area contributed by atoms with Crippen molar-refractivity contribution in [2.45, 2.75) is 26.7 Å². The average Bonchev–Trinajstić information content (AvgIpc) is 2.30. The standard InChI is InChI=1S/C13H21N3/c1-10-7-15-8-11(2)13(10)16-9-12-3-5-14-6-4-12/h7-8,12,14H,3-6,9H2,1-2H3,(H,15,16). The van der Waals surface area contributed by atoms with Gasteiger partial charge in [-0.25, -0.2) is 0 Å². The highest BCUT2D eigenvalue weighted by atomic mass is 14.9. The monoisotopic (exact) mass is 219 g/mol. The Balaban J connectivity index is 1.93. The second-order valence-electron chi connectivity index (χ2n) is 4.72. The van der Waals surface area contributed by atoms with Crippen molar-refractivity contribution >= 4 is 5.69 Å². The zero-order valence-corrected chi connectivity index (χ0v) is 10.2. The Morgan fingerprint density at radius 2 is 1.88 bits per heavy atom. The second kappa shape index (κ2) is 5.30. The molecule has 1 fully saturated rings. The Morgan fingerprint density at radius 1 is 1.25 bits per heavy atom. The van der Waals surface area contributed by atoms with E-state index in [1.54, 1.807) is 0 Å². The first kappa shape index (κ1) is 11.4. The van der Waals surface area contributed by atoms with Gasteiger partial charge < -0.3 is 10.6 Å². The number of aryl methyl sites for hydroxylation is 2. The van der Waals surface area contributed by atoms with Gasteiger partial charge in [0.2, 0.25) is 0 Å². The summed E-state index contributed by atoms with van der Waals surface area (Å²) in [4.78, 5) is 4.19. The summed E-state index contributed by atoms with van der Waals surface area (Å²) in [5, 5.41) is 6.98. The number of pyridine rings is 1. The zero-order chi connectivity index (χ0) is 11.4. The number of anilines is 1. The minimum atomic E-state index is 0.813. The van der Waals surface area contributed by atoms with Crippen molar-refractivity contribution < 1.29 is 0 Å². The van der Waals surface area contributed by atoms with Gasteiger partial charge in [-0.15, -0.1) is 0 Å². The molecule has 0 atom stereocenters. The van der Waals surface area contributed by atoms with Crippen LogP contribution in [0.3, 0.4) is 0 Å². The maximum absolute atomic E-state index is 4.19. The minimum absolute atomic E-state index is 0.813. The lowest BCUT2D eigenvalue weighted by Gasteiger charge is -2.24. The average molecular weight is 219 g/mol. The number of rotatable bonds is 3. The normalized spacial score (nSPS) is 17.4. The fraction of sp³-hybridized carbons (Fsp3) is 0.615. The quantitative estimate of drug-likeness (QED) is 0.817. The maximum atomic E-state index is 4.19. The molecule has 0 aromatic carbocycles. The van der Waals surface area contributed by atoms with Crippen LogP contribution in [-0.2, 0) is 0 Å². The van der Waals surface area contributed by atoms with Crippen molar-refractivity contribution in [3.05, 3.63) is 23.5 Å². The van der Waals surface area contributed by atoms with Gasteiger partial charge in [0.15, 0.2) is 0 Å². The molecule has 1 saturated heterocycles. The zero-order valence-electron chi connectivity index (χ0n) is 10.2. The molecule has 1 aromatic rings. The Bertz CT molecular complexity index is 323. The van der Waals surface area contributed by atoms with E-state index < -0.39 is 0 Å². The van der Waals surface area contributed by atoms with Crippen molar-refractivity contribution in [2.75, 3.05) is 25.0 Å². The Hall–Kier alpha value is -1.09. The predicted molar refractivity (Wildman–Crippen MR) is 67.8 cm³/mol. The summed E-state index contributed by atoms with van der Waals surface area (Å²) in [6.07, 6.45) is 6.43. The number of hydrogen-bond acceptors (Lipinski definition) is 3. The summed E-state index contributed by atoms with van der Waals surface area (Å²) in [6, 6.07) is 0. The van der Waals surface area contributed by atoms with E-state index in [-0.39, 0.29) is 0 Å². The third kappa shape index (κ3) is 2.73. The third-order valence-electron chi connectivity index (χ3n) is 3.35. The Labute approximate surface area is 97.7 Å². The van der Waals surface area contributed by atoms with Gasteiger partial charge in [0.1, 0.15) is 0 Å². The number of piperidine rings is 1. The smallest absolute Gasteiger partial charge is 0.0430 e. The first-order valence-corrected chi connectivity index (χ1v) is 6.13. The summed E-state index contributed by atoms with van der Waals surface area (Å²) in [6.45, 7) is 7.66. The van der Waals surface area contributed by atoms with E-state index >= 15 is 0 Å². The van der Waals surface area contributed by atoms with Gasteiger partial charge in [0, 0.05) is 24.6 Å². The van der Waals surface area contributed by atoms with Gasteiger partial charge in [0.05, 0.1) is 0 Å². The summed E-state index contributed by atoms with van der Waals surface area (Å²) in [5.41, 5.74) is 3.76. The van der Waals surface area contributed by atoms with Crippen molar-refractivity contribution in [1.29, 1.82) is 0 Å². The lowest BCUT2D eigenvalue weighted by atomic mass is 9.98. The molecule has 16 heavy (non-hydrogen) atoms. The molecule has 1 aliphatic rings. The summed E-state index contributed by atoms with van der Waals surface area (Å²) in [5.74, 6) is 0.813. The molecular formula is C13H21N3. The maximum Gasteiger partial charge on any atom is 0.0430 e. The number of aromatic nitrogens is 1. The van der Waals surface area contributed by atoms with Crippen molar-refractivity contribution in [2.24, 2.45) is 5.92 Å². The number of nitrogens with zero attached hydrogens (tertiary/aromatic N) is 1. The van der Waals surface area contributed by atoms with Crippen LogP contribution in [0, 0.1) is 19.8 Å². The van der Waals surface area contributed by atoms with Crippen LogP contribution < -0.4 is 10.6 Å². The van der Waals surface area contributed by atoms with Crippen molar-refractivity contribution in [3.8, 4) is 0 Å². The minimum Gasteiger partial charge on any atom is -0.384 e. The molecule has 0 amide bonds. The van der Waals surface area contributed by atoms with E-state index in [9.17, 15) is 0 Å². The summed E-state index contributed by atoms with van der Waals surface area (Å²) < 4.78 is 0. The van der Waals surface area contributed by atoms with E-state index in [2.05, 4.69) is 29.5 Å². The van der Waals surface area contributed by atoms with E-state index in [1.165, 1.54) is 42.7 Å². The molecule has 0 aliphatic carbocycles. The molecule has 1 aliphatic heterocycles. The SMILES string of the molecule is Cc1cncc(C)c1NCC1CCNCC1. The fourth-order valence-electron chi connectivity index (χ4n) is 2.31. The predicted octanol–water partition coefficient (Wildman–Crippen LogP) is 2.11. The lowest BCUT2D eigenvalue weighted by Crippen LogP contribution is -2.31. The third-order valence-corrected chi connectivity index (χ3v) is 3.35. The topological polar surface area (TPSA) is 37.0 Å². The van der Waals surface area contributed by atoms with Crippen LogP contribution in [0.4, 0.5) is 5.69 Å². The first-order valence-electron chi connectivity index (χ1n) is 6.13. The van der Waals surface area contributed by atoms with Gasteiger partial charge in [0.25, 0.3) is 0 Å². The van der Waals surface area contributed by atoms with Crippen molar-refractivity contribution in [1.82, 2.24) is 10.3 Å². The number of hydrogen-bond donors (Lipinski definition) is 2. The summed E-state index contributed by atoms with van der Waals surface area (Å²) >= 11 is 0. The van der Waals surface area contributed by atoms with Crippen LogP contribution in [-0.4, -0.2) is 24.6 Å². The summed E-state index contributed by atoms with van der Waals surface area (Å²) in [7, 11) is 0. The second-order valence-corrected chi connectivity index (χ2v) is 4.72. The van der Waals surface area contributed by atoms with Crippen LogP contribution in [0.2, 0.25) is 0 Å². The van der Waals surface area contributed by atoms with E-state index in [4.69, 9.17) is 0 Å². The molecule has 2 heterocycles. The highest BCUT2D eigenvalue weighted by Gasteiger charge is 2.13. The molecule has 3 heteroatoms. The molecule has 0 spiro atoms. The number of nitrogens with one attached hydrogen (secondary N) is 2. The van der Waals surface area contributed by atoms with Gasteiger partial charge in [-0.1, -0.05) is 0 Å². The highest BCUT2D eigenvalue weighted by molar-refractivity contribution is 5.54. The molecule has 0 saturated carbocycles. The molecule has 0 unspecified atom stereocenters. The van der Waals surface area contributed by atoms with Crippen LogP contribution in [0.1, 0.15) is 24.0 Å². The molecule has 88 valence electrons.